The van der Waals surface area contributed by atoms with Crippen molar-refractivity contribution in [3.05, 3.63) is 16.3 Å². The van der Waals surface area contributed by atoms with Crippen LogP contribution in [0.3, 0.4) is 0 Å². The van der Waals surface area contributed by atoms with E-state index in [-0.39, 0.29) is 24.2 Å². The van der Waals surface area contributed by atoms with Gasteiger partial charge in [0.1, 0.15) is 6.20 Å². The number of carboxylic acid groups (broad SMARTS) is 1. The van der Waals surface area contributed by atoms with Crippen LogP contribution >= 0.6 is 0 Å². The van der Waals surface area contributed by atoms with E-state index in [1.807, 2.05) is 0 Å². The Morgan fingerprint density at radius 1 is 1.61 bits per heavy atom. The summed E-state index contributed by atoms with van der Waals surface area (Å²) >= 11 is 0. The van der Waals surface area contributed by atoms with E-state index in [4.69, 9.17) is 9.84 Å². The fourth-order valence-electron chi connectivity index (χ4n) is 1.28. The summed E-state index contributed by atoms with van der Waals surface area (Å²) < 4.78 is 6.43. The second-order valence-electron chi connectivity index (χ2n) is 4.20. The molecule has 0 saturated heterocycles. The normalized spacial score (nSPS) is 12.4. The van der Waals surface area contributed by atoms with Crippen molar-refractivity contribution in [2.75, 3.05) is 0 Å². The Balaban J connectivity index is 2.95. The van der Waals surface area contributed by atoms with E-state index in [1.165, 1.54) is 17.8 Å². The maximum absolute atomic E-state index is 10.8. The highest BCUT2D eigenvalue weighted by atomic mass is 16.6. The first-order valence-corrected chi connectivity index (χ1v) is 5.42. The molecule has 0 aromatic carbocycles. The number of hydrogen-bond donors (Lipinski definition) is 1. The molecule has 0 fully saturated rings. The molecule has 0 radical (unpaired) electrons. The van der Waals surface area contributed by atoms with Crippen molar-refractivity contribution in [1.82, 2.24) is 9.78 Å². The van der Waals surface area contributed by atoms with Gasteiger partial charge in [0.15, 0.2) is 0 Å². The van der Waals surface area contributed by atoms with Crippen LogP contribution in [0.5, 0.6) is 5.88 Å². The van der Waals surface area contributed by atoms with Crippen molar-refractivity contribution >= 4 is 11.7 Å². The number of aromatic nitrogens is 2. The minimum Gasteiger partial charge on any atom is -0.481 e. The molecule has 1 heterocycles. The van der Waals surface area contributed by atoms with Gasteiger partial charge in [-0.15, -0.1) is 5.10 Å². The van der Waals surface area contributed by atoms with Gasteiger partial charge in [0.25, 0.3) is 0 Å². The van der Waals surface area contributed by atoms with E-state index >= 15 is 0 Å². The summed E-state index contributed by atoms with van der Waals surface area (Å²) in [5.41, 5.74) is -0.263. The largest absolute Gasteiger partial charge is 0.481 e. The van der Waals surface area contributed by atoms with E-state index in [9.17, 15) is 14.9 Å². The zero-order valence-electron chi connectivity index (χ0n) is 10.4. The molecule has 0 spiro atoms. The fourth-order valence-corrected chi connectivity index (χ4v) is 1.28. The van der Waals surface area contributed by atoms with Crippen LogP contribution in [-0.2, 0) is 11.3 Å². The van der Waals surface area contributed by atoms with Crippen molar-refractivity contribution in [3.63, 3.8) is 0 Å². The predicted molar refractivity (Wildman–Crippen MR) is 61.4 cm³/mol. The van der Waals surface area contributed by atoms with E-state index in [2.05, 4.69) is 5.10 Å². The topological polar surface area (TPSA) is 107 Å². The minimum atomic E-state index is -0.987. The van der Waals surface area contributed by atoms with Gasteiger partial charge >= 0.3 is 17.5 Å². The average Bonchev–Trinajstić information content (AvgIpc) is 2.59. The Hall–Kier alpha value is -2.12. The highest BCUT2D eigenvalue weighted by molar-refractivity contribution is 5.69. The molecule has 0 aliphatic heterocycles. The molecule has 8 heteroatoms. The van der Waals surface area contributed by atoms with E-state index < -0.39 is 16.8 Å². The quantitative estimate of drug-likeness (QED) is 0.607. The number of carboxylic acids is 1. The third kappa shape index (κ3) is 3.44. The standard InChI is InChI=1S/C10H15N3O5/c1-6(2)18-9-8(13(16)17)5-12(11-9)4-7(3)10(14)15/h5-7H,4H2,1-3H3,(H,14,15). The fraction of sp³-hybridized carbons (Fsp3) is 0.600. The van der Waals surface area contributed by atoms with Crippen molar-refractivity contribution in [3.8, 4) is 5.88 Å². The van der Waals surface area contributed by atoms with Crippen LogP contribution in [0.4, 0.5) is 5.69 Å². The summed E-state index contributed by atoms with van der Waals surface area (Å²) in [5, 5.41) is 23.4. The molecule has 100 valence electrons. The molecule has 0 saturated carbocycles. The second-order valence-corrected chi connectivity index (χ2v) is 4.20. The summed E-state index contributed by atoms with van der Waals surface area (Å²) in [6.07, 6.45) is 0.931. The zero-order chi connectivity index (χ0) is 13.9. The van der Waals surface area contributed by atoms with Gasteiger partial charge in [0.05, 0.1) is 23.5 Å². The summed E-state index contributed by atoms with van der Waals surface area (Å²) in [6, 6.07) is 0. The number of aliphatic carboxylic acids is 1. The summed E-state index contributed by atoms with van der Waals surface area (Å²) in [6.45, 7) is 5.00. The molecular formula is C10H15N3O5. The van der Waals surface area contributed by atoms with Gasteiger partial charge in [-0.3, -0.25) is 19.6 Å². The molecule has 8 nitrogen and oxygen atoms in total. The Morgan fingerprint density at radius 2 is 2.22 bits per heavy atom. The van der Waals surface area contributed by atoms with Crippen molar-refractivity contribution in [2.24, 2.45) is 5.92 Å². The lowest BCUT2D eigenvalue weighted by molar-refractivity contribution is -0.386. The number of carbonyl (C=O) groups is 1. The first-order chi connectivity index (χ1) is 8.31. The molecule has 0 aliphatic carbocycles. The van der Waals surface area contributed by atoms with Crippen LogP contribution in [0.2, 0.25) is 0 Å². The lowest BCUT2D eigenvalue weighted by Gasteiger charge is -2.06. The molecule has 1 unspecified atom stereocenters. The first kappa shape index (κ1) is 13.9. The van der Waals surface area contributed by atoms with E-state index in [1.54, 1.807) is 13.8 Å². The summed E-state index contributed by atoms with van der Waals surface area (Å²) in [4.78, 5) is 20.9. The molecule has 1 aromatic rings. The average molecular weight is 257 g/mol. The van der Waals surface area contributed by atoms with Crippen LogP contribution < -0.4 is 4.74 Å². The number of rotatable bonds is 6. The molecule has 0 aliphatic rings. The molecule has 1 atom stereocenters. The molecular weight excluding hydrogens is 242 g/mol. The smallest absolute Gasteiger partial charge is 0.350 e. The maximum atomic E-state index is 10.8. The Bertz CT molecular complexity index is 454. The van der Waals surface area contributed by atoms with Crippen molar-refractivity contribution < 1.29 is 19.6 Å². The number of nitro groups is 1. The lowest BCUT2D eigenvalue weighted by Crippen LogP contribution is -2.17. The minimum absolute atomic E-state index is 0.0532. The van der Waals surface area contributed by atoms with Gasteiger partial charge in [-0.05, 0) is 13.8 Å². The molecule has 1 rings (SSSR count). The Labute approximate surface area is 103 Å². The van der Waals surface area contributed by atoms with Crippen LogP contribution in [0.1, 0.15) is 20.8 Å². The molecule has 1 aromatic heterocycles. The second kappa shape index (κ2) is 5.48. The highest BCUT2D eigenvalue weighted by Gasteiger charge is 2.23. The molecule has 18 heavy (non-hydrogen) atoms. The molecule has 0 bridgehead atoms. The number of ether oxygens (including phenoxy) is 1. The zero-order valence-corrected chi connectivity index (χ0v) is 10.4. The van der Waals surface area contributed by atoms with Crippen LogP contribution in [0.15, 0.2) is 6.20 Å². The van der Waals surface area contributed by atoms with Crippen LogP contribution in [0.25, 0.3) is 0 Å². The highest BCUT2D eigenvalue weighted by Crippen LogP contribution is 2.25. The van der Waals surface area contributed by atoms with Crippen LogP contribution in [-0.4, -0.2) is 31.9 Å². The molecule has 0 amide bonds. The number of hydrogen-bond acceptors (Lipinski definition) is 5. The van der Waals surface area contributed by atoms with Gasteiger partial charge in [0.2, 0.25) is 0 Å². The Morgan fingerprint density at radius 3 is 2.67 bits per heavy atom. The van der Waals surface area contributed by atoms with Gasteiger partial charge in [-0.2, -0.15) is 0 Å². The Kier molecular flexibility index (Phi) is 4.24. The monoisotopic (exact) mass is 257 g/mol. The number of nitrogens with zero attached hydrogens (tertiary/aromatic N) is 3. The summed E-state index contributed by atoms with van der Waals surface area (Å²) in [7, 11) is 0. The summed E-state index contributed by atoms with van der Waals surface area (Å²) in [5.74, 6) is -1.76. The third-order valence-corrected chi connectivity index (χ3v) is 2.14. The molecule has 1 N–H and O–H groups in total. The lowest BCUT2D eigenvalue weighted by atomic mass is 10.2. The first-order valence-electron chi connectivity index (χ1n) is 5.42. The van der Waals surface area contributed by atoms with E-state index in [0.29, 0.717) is 0 Å². The van der Waals surface area contributed by atoms with Crippen LogP contribution in [0, 0.1) is 16.0 Å². The van der Waals surface area contributed by atoms with Crippen molar-refractivity contribution in [2.45, 2.75) is 33.4 Å². The van der Waals surface area contributed by atoms with E-state index in [0.717, 1.165) is 0 Å². The predicted octanol–water partition coefficient (Wildman–Crippen LogP) is 1.30. The van der Waals surface area contributed by atoms with Gasteiger partial charge in [0, 0.05) is 0 Å². The van der Waals surface area contributed by atoms with Gasteiger partial charge in [-0.1, -0.05) is 6.92 Å². The van der Waals surface area contributed by atoms with Gasteiger partial charge < -0.3 is 9.84 Å². The van der Waals surface area contributed by atoms with Crippen molar-refractivity contribution in [1.29, 1.82) is 0 Å². The third-order valence-electron chi connectivity index (χ3n) is 2.14. The van der Waals surface area contributed by atoms with Gasteiger partial charge in [-0.25, -0.2) is 0 Å². The maximum Gasteiger partial charge on any atom is 0.350 e. The SMILES string of the molecule is CC(C)Oc1nn(CC(C)C(=O)O)cc1[N+](=O)[O-].